The lowest BCUT2D eigenvalue weighted by Crippen LogP contribution is -2.12. The molecule has 2 N–H and O–H groups in total. The monoisotopic (exact) mass is 351 g/mol. The summed E-state index contributed by atoms with van der Waals surface area (Å²) < 4.78 is 0.882. The molecule has 0 aliphatic rings. The van der Waals surface area contributed by atoms with Gasteiger partial charge in [-0.15, -0.1) is 0 Å². The van der Waals surface area contributed by atoms with Crippen molar-refractivity contribution in [1.82, 2.24) is 0 Å². The van der Waals surface area contributed by atoms with Crippen LogP contribution in [0.15, 0.2) is 40.9 Å². The van der Waals surface area contributed by atoms with Crippen LogP contribution in [0.2, 0.25) is 5.02 Å². The third-order valence-electron chi connectivity index (χ3n) is 3.65. The molecule has 1 nitrogen and oxygen atoms in total. The summed E-state index contributed by atoms with van der Waals surface area (Å²) in [6.45, 7) is 4.37. The fourth-order valence-electron chi connectivity index (χ4n) is 2.41. The number of nitrogens with two attached hydrogens (primary N) is 1. The Kier molecular flexibility index (Phi) is 5.25. The van der Waals surface area contributed by atoms with Crippen LogP contribution in [0.1, 0.15) is 42.1 Å². The minimum Gasteiger partial charge on any atom is -0.320 e. The van der Waals surface area contributed by atoms with E-state index in [9.17, 15) is 0 Å². The molecule has 0 amide bonds. The number of halogens is 2. The van der Waals surface area contributed by atoms with Gasteiger partial charge in [0.25, 0.3) is 0 Å². The topological polar surface area (TPSA) is 26.0 Å². The first-order valence-corrected chi connectivity index (χ1v) is 8.06. The van der Waals surface area contributed by atoms with Gasteiger partial charge >= 0.3 is 0 Å². The van der Waals surface area contributed by atoms with Gasteiger partial charge in [-0.1, -0.05) is 49.7 Å². The van der Waals surface area contributed by atoms with Gasteiger partial charge in [-0.2, -0.15) is 0 Å². The average molecular weight is 353 g/mol. The third-order valence-corrected chi connectivity index (χ3v) is 4.87. The predicted octanol–water partition coefficient (Wildman–Crippen LogP) is 5.28. The van der Waals surface area contributed by atoms with Gasteiger partial charge in [0.2, 0.25) is 0 Å². The van der Waals surface area contributed by atoms with Crippen LogP contribution in [0, 0.1) is 0 Å². The van der Waals surface area contributed by atoms with E-state index in [0.717, 1.165) is 28.4 Å². The molecule has 0 heterocycles. The Bertz CT molecular complexity index is 610. The van der Waals surface area contributed by atoms with Crippen molar-refractivity contribution in [2.75, 3.05) is 0 Å². The highest BCUT2D eigenvalue weighted by atomic mass is 79.9. The molecule has 0 saturated heterocycles. The van der Waals surface area contributed by atoms with Crippen LogP contribution < -0.4 is 5.73 Å². The first-order chi connectivity index (χ1) is 9.56. The fraction of sp³-hybridized carbons (Fsp3) is 0.294. The SMILES string of the molecule is CCc1ccc(C(N)c2ccc(Cl)c(Br)c2)cc1CC. The quantitative estimate of drug-likeness (QED) is 0.796. The van der Waals surface area contributed by atoms with Gasteiger partial charge in [-0.05, 0) is 63.2 Å². The zero-order chi connectivity index (χ0) is 14.7. The summed E-state index contributed by atoms with van der Waals surface area (Å²) in [5.41, 5.74) is 11.4. The molecule has 3 heteroatoms. The number of rotatable bonds is 4. The minimum absolute atomic E-state index is 0.125. The van der Waals surface area contributed by atoms with Gasteiger partial charge in [0.15, 0.2) is 0 Å². The van der Waals surface area contributed by atoms with Crippen molar-refractivity contribution in [3.8, 4) is 0 Å². The second kappa shape index (κ2) is 6.75. The van der Waals surface area contributed by atoms with Crippen molar-refractivity contribution >= 4 is 27.5 Å². The predicted molar refractivity (Wildman–Crippen MR) is 90.4 cm³/mol. The first kappa shape index (κ1) is 15.6. The van der Waals surface area contributed by atoms with Gasteiger partial charge < -0.3 is 5.73 Å². The Morgan fingerprint density at radius 3 is 2.20 bits per heavy atom. The van der Waals surface area contributed by atoms with Crippen molar-refractivity contribution in [2.45, 2.75) is 32.7 Å². The summed E-state index contributed by atoms with van der Waals surface area (Å²) in [4.78, 5) is 0. The molecule has 106 valence electrons. The molecule has 0 spiro atoms. The molecule has 0 aliphatic heterocycles. The van der Waals surface area contributed by atoms with E-state index >= 15 is 0 Å². The van der Waals surface area contributed by atoms with Crippen LogP contribution in [0.25, 0.3) is 0 Å². The molecule has 0 radical (unpaired) electrons. The number of aryl methyl sites for hydroxylation is 2. The highest BCUT2D eigenvalue weighted by molar-refractivity contribution is 9.10. The second-order valence-corrected chi connectivity index (χ2v) is 6.15. The summed E-state index contributed by atoms with van der Waals surface area (Å²) in [5.74, 6) is 0. The maximum absolute atomic E-state index is 6.39. The zero-order valence-electron chi connectivity index (χ0n) is 11.8. The van der Waals surface area contributed by atoms with Gasteiger partial charge in [-0.25, -0.2) is 0 Å². The van der Waals surface area contributed by atoms with Gasteiger partial charge in [0.05, 0.1) is 11.1 Å². The summed E-state index contributed by atoms with van der Waals surface area (Å²) in [6, 6.07) is 12.3. The molecule has 2 aromatic carbocycles. The van der Waals surface area contributed by atoms with Crippen LogP contribution in [-0.2, 0) is 12.8 Å². The first-order valence-electron chi connectivity index (χ1n) is 6.89. The van der Waals surface area contributed by atoms with E-state index in [1.165, 1.54) is 11.1 Å². The molecule has 0 bridgehead atoms. The van der Waals surface area contributed by atoms with Crippen molar-refractivity contribution in [3.05, 3.63) is 68.1 Å². The van der Waals surface area contributed by atoms with E-state index in [2.05, 4.69) is 48.0 Å². The minimum atomic E-state index is -0.125. The Morgan fingerprint density at radius 1 is 1.00 bits per heavy atom. The number of hydrogen-bond donors (Lipinski definition) is 1. The van der Waals surface area contributed by atoms with Gasteiger partial charge in [0, 0.05) is 4.47 Å². The molecule has 20 heavy (non-hydrogen) atoms. The Labute approximate surface area is 134 Å². The lowest BCUT2D eigenvalue weighted by molar-refractivity contribution is 0.862. The molecular weight excluding hydrogens is 334 g/mol. The fourth-order valence-corrected chi connectivity index (χ4v) is 2.93. The van der Waals surface area contributed by atoms with E-state index in [-0.39, 0.29) is 6.04 Å². The molecule has 0 aromatic heterocycles. The van der Waals surface area contributed by atoms with Crippen molar-refractivity contribution in [2.24, 2.45) is 5.73 Å². The summed E-state index contributed by atoms with van der Waals surface area (Å²) in [7, 11) is 0. The van der Waals surface area contributed by atoms with Crippen LogP contribution in [-0.4, -0.2) is 0 Å². The molecule has 2 aromatic rings. The zero-order valence-corrected chi connectivity index (χ0v) is 14.1. The lowest BCUT2D eigenvalue weighted by atomic mass is 9.94. The normalized spacial score (nSPS) is 12.4. The maximum Gasteiger partial charge on any atom is 0.0552 e. The highest BCUT2D eigenvalue weighted by Crippen LogP contribution is 2.29. The average Bonchev–Trinajstić information content (AvgIpc) is 2.48. The van der Waals surface area contributed by atoms with E-state index in [1.807, 2.05) is 18.2 Å². The van der Waals surface area contributed by atoms with Gasteiger partial charge in [-0.3, -0.25) is 0 Å². The highest BCUT2D eigenvalue weighted by Gasteiger charge is 2.12. The molecule has 0 saturated carbocycles. The number of benzene rings is 2. The molecular formula is C17H19BrClN. The molecule has 0 aliphatic carbocycles. The standard InChI is InChI=1S/C17H19BrClN/c1-3-11-5-6-13(9-12(11)4-2)17(20)14-7-8-16(19)15(18)10-14/h5-10,17H,3-4,20H2,1-2H3. The Balaban J connectivity index is 2.37. The van der Waals surface area contributed by atoms with Crippen LogP contribution in [0.3, 0.4) is 0 Å². The van der Waals surface area contributed by atoms with Crippen molar-refractivity contribution in [1.29, 1.82) is 0 Å². The number of hydrogen-bond acceptors (Lipinski definition) is 1. The molecule has 1 atom stereocenters. The van der Waals surface area contributed by atoms with Crippen LogP contribution in [0.5, 0.6) is 0 Å². The largest absolute Gasteiger partial charge is 0.320 e. The molecule has 0 fully saturated rings. The summed E-state index contributed by atoms with van der Waals surface area (Å²) in [6.07, 6.45) is 2.10. The van der Waals surface area contributed by atoms with Crippen LogP contribution >= 0.6 is 27.5 Å². The van der Waals surface area contributed by atoms with E-state index in [4.69, 9.17) is 17.3 Å². The van der Waals surface area contributed by atoms with E-state index < -0.39 is 0 Å². The van der Waals surface area contributed by atoms with Crippen molar-refractivity contribution < 1.29 is 0 Å². The van der Waals surface area contributed by atoms with Crippen LogP contribution in [0.4, 0.5) is 0 Å². The maximum atomic E-state index is 6.39. The Hall–Kier alpha value is -0.830. The molecule has 2 rings (SSSR count). The second-order valence-electron chi connectivity index (χ2n) is 4.89. The van der Waals surface area contributed by atoms with E-state index in [1.54, 1.807) is 0 Å². The lowest BCUT2D eigenvalue weighted by Gasteiger charge is -2.16. The third kappa shape index (κ3) is 3.25. The smallest absolute Gasteiger partial charge is 0.0552 e. The van der Waals surface area contributed by atoms with E-state index in [0.29, 0.717) is 5.02 Å². The summed E-state index contributed by atoms with van der Waals surface area (Å²) in [5, 5.41) is 0.705. The summed E-state index contributed by atoms with van der Waals surface area (Å²) >= 11 is 9.48. The molecule has 1 unspecified atom stereocenters. The Morgan fingerprint density at radius 2 is 1.60 bits per heavy atom. The van der Waals surface area contributed by atoms with Gasteiger partial charge in [0.1, 0.15) is 0 Å². The van der Waals surface area contributed by atoms with Crippen molar-refractivity contribution in [3.63, 3.8) is 0 Å².